The molecule has 0 atom stereocenters. The van der Waals surface area contributed by atoms with E-state index >= 15 is 0 Å². The van der Waals surface area contributed by atoms with Crippen LogP contribution in [0.25, 0.3) is 11.0 Å². The fourth-order valence-electron chi connectivity index (χ4n) is 3.12. The highest BCUT2D eigenvalue weighted by atomic mass is 32.2. The van der Waals surface area contributed by atoms with Crippen LogP contribution in [-0.2, 0) is 16.4 Å². The number of carbonyl (C=O) groups excluding carboxylic acids is 1. The van der Waals surface area contributed by atoms with Gasteiger partial charge in [-0.1, -0.05) is 25.1 Å². The van der Waals surface area contributed by atoms with Crippen LogP contribution in [0.5, 0.6) is 5.75 Å². The van der Waals surface area contributed by atoms with Crippen molar-refractivity contribution < 1.29 is 17.9 Å². The van der Waals surface area contributed by atoms with E-state index in [1.807, 2.05) is 6.92 Å². The lowest BCUT2D eigenvalue weighted by Gasteiger charge is -2.09. The molecule has 2 aromatic heterocycles. The van der Waals surface area contributed by atoms with Crippen molar-refractivity contribution in [3.8, 4) is 5.75 Å². The zero-order chi connectivity index (χ0) is 22.6. The predicted molar refractivity (Wildman–Crippen MR) is 119 cm³/mol. The third-order valence-electron chi connectivity index (χ3n) is 4.83. The van der Waals surface area contributed by atoms with E-state index in [1.54, 1.807) is 42.6 Å². The largest absolute Gasteiger partial charge is 0.494 e. The molecular formula is C23H22N4O4S. The second kappa shape index (κ2) is 9.19. The number of hydrogen-bond acceptors (Lipinski definition) is 6. The second-order valence-electron chi connectivity index (χ2n) is 7.19. The lowest BCUT2D eigenvalue weighted by Crippen LogP contribution is -2.22. The predicted octanol–water partition coefficient (Wildman–Crippen LogP) is 3.51. The highest BCUT2D eigenvalue weighted by Gasteiger charge is 2.18. The third kappa shape index (κ3) is 4.62. The van der Waals surface area contributed by atoms with Gasteiger partial charge in [-0.15, -0.1) is 0 Å². The van der Waals surface area contributed by atoms with Crippen LogP contribution < -0.4 is 10.1 Å². The monoisotopic (exact) mass is 450 g/mol. The maximum absolute atomic E-state index is 13.0. The highest BCUT2D eigenvalue weighted by Crippen LogP contribution is 2.24. The van der Waals surface area contributed by atoms with Crippen molar-refractivity contribution in [3.63, 3.8) is 0 Å². The van der Waals surface area contributed by atoms with E-state index in [2.05, 4.69) is 20.5 Å². The van der Waals surface area contributed by atoms with Gasteiger partial charge >= 0.3 is 0 Å². The summed E-state index contributed by atoms with van der Waals surface area (Å²) in [6.45, 7) is 2.76. The summed E-state index contributed by atoms with van der Waals surface area (Å²) in [5.74, 6) is 0.247. The number of rotatable bonds is 8. The molecule has 0 fully saturated rings. The number of H-pyrrole nitrogens is 1. The van der Waals surface area contributed by atoms with Gasteiger partial charge in [-0.2, -0.15) is 5.10 Å². The van der Waals surface area contributed by atoms with Crippen LogP contribution in [0.4, 0.5) is 0 Å². The van der Waals surface area contributed by atoms with Crippen LogP contribution in [-0.4, -0.2) is 36.1 Å². The van der Waals surface area contributed by atoms with E-state index < -0.39 is 9.84 Å². The molecule has 9 heteroatoms. The average Bonchev–Trinajstić information content (AvgIpc) is 3.29. The summed E-state index contributed by atoms with van der Waals surface area (Å²) in [6, 6.07) is 14.6. The first-order valence-corrected chi connectivity index (χ1v) is 11.6. The molecule has 0 aliphatic heterocycles. The van der Waals surface area contributed by atoms with E-state index in [-0.39, 0.29) is 22.2 Å². The molecule has 2 heterocycles. The zero-order valence-electron chi connectivity index (χ0n) is 17.4. The Labute approximate surface area is 185 Å². The first-order chi connectivity index (χ1) is 15.5. The second-order valence-corrected chi connectivity index (χ2v) is 9.13. The topological polar surface area (TPSA) is 114 Å². The van der Waals surface area contributed by atoms with Crippen molar-refractivity contribution in [2.75, 3.05) is 6.61 Å². The molecule has 1 amide bonds. The SMILES string of the molecule is CCCOc1cccc(S(=O)(=O)c2ccc(CNC(=O)c3cnc4[nH]ncc4c3)cc2)c1. The Balaban J connectivity index is 1.43. The molecule has 4 aromatic rings. The number of benzene rings is 2. The molecule has 0 saturated heterocycles. The Bertz CT molecular complexity index is 1350. The fraction of sp³-hybridized carbons (Fsp3) is 0.174. The molecule has 2 aromatic carbocycles. The summed E-state index contributed by atoms with van der Waals surface area (Å²) >= 11 is 0. The van der Waals surface area contributed by atoms with Gasteiger partial charge in [-0.3, -0.25) is 9.89 Å². The maximum atomic E-state index is 13.0. The van der Waals surface area contributed by atoms with Gasteiger partial charge < -0.3 is 10.1 Å². The molecule has 0 bridgehead atoms. The number of fused-ring (bicyclic) bond motifs is 1. The number of pyridine rings is 1. The molecular weight excluding hydrogens is 428 g/mol. The number of ether oxygens (including phenoxy) is 1. The number of sulfone groups is 1. The zero-order valence-corrected chi connectivity index (χ0v) is 18.2. The van der Waals surface area contributed by atoms with Gasteiger partial charge in [-0.25, -0.2) is 13.4 Å². The van der Waals surface area contributed by atoms with Gasteiger partial charge in [0.15, 0.2) is 5.65 Å². The maximum Gasteiger partial charge on any atom is 0.253 e. The van der Waals surface area contributed by atoms with E-state index in [1.165, 1.54) is 24.4 Å². The molecule has 0 spiro atoms. The van der Waals surface area contributed by atoms with Crippen molar-refractivity contribution >= 4 is 26.8 Å². The van der Waals surface area contributed by atoms with Crippen molar-refractivity contribution in [2.45, 2.75) is 29.7 Å². The van der Waals surface area contributed by atoms with Gasteiger partial charge in [0.2, 0.25) is 9.84 Å². The molecule has 4 rings (SSSR count). The van der Waals surface area contributed by atoms with E-state index in [9.17, 15) is 13.2 Å². The van der Waals surface area contributed by atoms with E-state index in [4.69, 9.17) is 4.74 Å². The van der Waals surface area contributed by atoms with Crippen molar-refractivity contribution in [1.29, 1.82) is 0 Å². The highest BCUT2D eigenvalue weighted by molar-refractivity contribution is 7.91. The standard InChI is InChI=1S/C23H22N4O4S/c1-2-10-31-19-4-3-5-21(12-19)32(29,30)20-8-6-16(7-9-20)13-25-23(28)18-11-17-15-26-27-22(17)24-14-18/h3-9,11-12,14-15H,2,10,13H2,1H3,(H,25,28)(H,24,26,27). The summed E-state index contributed by atoms with van der Waals surface area (Å²) in [5, 5.41) is 10.2. The van der Waals surface area contributed by atoms with Gasteiger partial charge in [0.1, 0.15) is 5.75 Å². The number of nitrogens with zero attached hydrogens (tertiary/aromatic N) is 2. The van der Waals surface area contributed by atoms with E-state index in [0.717, 1.165) is 17.4 Å². The molecule has 2 N–H and O–H groups in total. The summed E-state index contributed by atoms with van der Waals surface area (Å²) in [5.41, 5.74) is 1.80. The first kappa shape index (κ1) is 21.5. The van der Waals surface area contributed by atoms with E-state index in [0.29, 0.717) is 23.6 Å². The summed E-state index contributed by atoms with van der Waals surface area (Å²) in [6.07, 6.45) is 3.91. The number of hydrogen-bond donors (Lipinski definition) is 2. The molecule has 0 aliphatic rings. The number of carbonyl (C=O) groups is 1. The minimum atomic E-state index is -3.68. The van der Waals surface area contributed by atoms with Crippen LogP contribution in [0.2, 0.25) is 0 Å². The van der Waals surface area contributed by atoms with Gasteiger partial charge in [-0.05, 0) is 48.4 Å². The Morgan fingerprint density at radius 2 is 1.88 bits per heavy atom. The minimum absolute atomic E-state index is 0.175. The van der Waals surface area contributed by atoms with Crippen molar-refractivity contribution in [1.82, 2.24) is 20.5 Å². The lowest BCUT2D eigenvalue weighted by molar-refractivity contribution is 0.0950. The van der Waals surface area contributed by atoms with Crippen LogP contribution in [0.1, 0.15) is 29.3 Å². The number of aromatic nitrogens is 3. The molecule has 164 valence electrons. The lowest BCUT2D eigenvalue weighted by atomic mass is 10.2. The quantitative estimate of drug-likeness (QED) is 0.425. The first-order valence-electron chi connectivity index (χ1n) is 10.1. The summed E-state index contributed by atoms with van der Waals surface area (Å²) in [7, 11) is -3.68. The smallest absolute Gasteiger partial charge is 0.253 e. The van der Waals surface area contributed by atoms with Gasteiger partial charge in [0.25, 0.3) is 5.91 Å². The molecule has 8 nitrogen and oxygen atoms in total. The van der Waals surface area contributed by atoms with Crippen LogP contribution >= 0.6 is 0 Å². The summed E-state index contributed by atoms with van der Waals surface area (Å²) in [4.78, 5) is 16.9. The Morgan fingerprint density at radius 3 is 2.66 bits per heavy atom. The molecule has 0 unspecified atom stereocenters. The van der Waals surface area contributed by atoms with Crippen molar-refractivity contribution in [3.05, 3.63) is 78.1 Å². The normalized spacial score (nSPS) is 11.4. The number of aromatic amines is 1. The van der Waals surface area contributed by atoms with Crippen LogP contribution in [0.15, 0.2) is 76.8 Å². The Kier molecular flexibility index (Phi) is 6.18. The third-order valence-corrected chi connectivity index (χ3v) is 6.60. The fourth-order valence-corrected chi connectivity index (χ4v) is 4.41. The average molecular weight is 451 g/mol. The van der Waals surface area contributed by atoms with Gasteiger partial charge in [0.05, 0.1) is 28.2 Å². The van der Waals surface area contributed by atoms with Crippen molar-refractivity contribution in [2.24, 2.45) is 0 Å². The van der Waals surface area contributed by atoms with Crippen LogP contribution in [0.3, 0.4) is 0 Å². The Hall–Kier alpha value is -3.72. The molecule has 0 aliphatic carbocycles. The minimum Gasteiger partial charge on any atom is -0.494 e. The van der Waals surface area contributed by atoms with Crippen LogP contribution in [0, 0.1) is 0 Å². The molecule has 0 saturated carbocycles. The Morgan fingerprint density at radius 1 is 1.06 bits per heavy atom. The number of amides is 1. The molecule has 0 radical (unpaired) electrons. The number of nitrogens with one attached hydrogen (secondary N) is 2. The molecule has 32 heavy (non-hydrogen) atoms. The van der Waals surface area contributed by atoms with Gasteiger partial charge in [0, 0.05) is 18.1 Å². The summed E-state index contributed by atoms with van der Waals surface area (Å²) < 4.78 is 31.5.